The molecule has 1 fully saturated rings. The molecule has 4 nitrogen and oxygen atoms in total. The van der Waals surface area contributed by atoms with Gasteiger partial charge in [-0.3, -0.25) is 0 Å². The average Bonchev–Trinajstić information content (AvgIpc) is 2.86. The van der Waals surface area contributed by atoms with E-state index in [1.54, 1.807) is 7.11 Å². The third-order valence-electron chi connectivity index (χ3n) is 6.38. The highest BCUT2D eigenvalue weighted by Gasteiger charge is 2.64. The summed E-state index contributed by atoms with van der Waals surface area (Å²) in [5, 5.41) is 10.7. The van der Waals surface area contributed by atoms with E-state index in [4.69, 9.17) is 9.47 Å². The summed E-state index contributed by atoms with van der Waals surface area (Å²) in [6.07, 6.45) is 5.65. The number of methoxy groups -OCH3 is 1. The molecule has 2 heterocycles. The molecule has 0 aromatic heterocycles. The number of hydrogen-bond donors (Lipinski definition) is 1. The first-order chi connectivity index (χ1) is 10.7. The molecule has 2 aliphatic carbocycles. The third-order valence-corrected chi connectivity index (χ3v) is 6.38. The quantitative estimate of drug-likeness (QED) is 0.796. The lowest BCUT2D eigenvalue weighted by atomic mass is 9.52. The number of rotatable bonds is 1. The van der Waals surface area contributed by atoms with Gasteiger partial charge in [-0.05, 0) is 44.1 Å². The molecule has 1 aromatic carbocycles. The van der Waals surface area contributed by atoms with Crippen LogP contribution in [-0.2, 0) is 11.8 Å². The standard InChI is InChI=1S/C18H21NO3.ClH/c1-19-8-7-18-14-6-4-12(20)16(18)11(19)9-10-3-5-13(21-2)17(22-14)15(10)18;/h3-6,11-12,14,16,20H,7-9H2,1-2H3;1H/t11-,12+,14+,16-,18-;/m1./s1. The van der Waals surface area contributed by atoms with E-state index in [0.29, 0.717) is 6.04 Å². The Morgan fingerprint density at radius 3 is 2.96 bits per heavy atom. The van der Waals surface area contributed by atoms with Gasteiger partial charge in [0.1, 0.15) is 6.10 Å². The summed E-state index contributed by atoms with van der Waals surface area (Å²) in [6.45, 7) is 1.05. The van der Waals surface area contributed by atoms with Crippen molar-refractivity contribution in [1.29, 1.82) is 0 Å². The lowest BCUT2D eigenvalue weighted by molar-refractivity contribution is -0.0575. The molecule has 2 aliphatic heterocycles. The van der Waals surface area contributed by atoms with E-state index in [1.165, 1.54) is 11.1 Å². The van der Waals surface area contributed by atoms with Crippen molar-refractivity contribution >= 4 is 12.4 Å². The van der Waals surface area contributed by atoms with Gasteiger partial charge in [-0.2, -0.15) is 0 Å². The molecule has 1 aromatic rings. The molecule has 124 valence electrons. The van der Waals surface area contributed by atoms with Crippen molar-refractivity contribution in [2.24, 2.45) is 5.92 Å². The molecule has 5 heteroatoms. The number of benzene rings is 1. The Bertz CT molecular complexity index is 691. The van der Waals surface area contributed by atoms with Gasteiger partial charge in [0.25, 0.3) is 0 Å². The molecule has 0 amide bonds. The minimum Gasteiger partial charge on any atom is -0.493 e. The van der Waals surface area contributed by atoms with Crippen molar-refractivity contribution in [3.05, 3.63) is 35.4 Å². The fourth-order valence-corrected chi connectivity index (χ4v) is 5.46. The van der Waals surface area contributed by atoms with E-state index in [1.807, 2.05) is 12.1 Å². The number of likely N-dealkylation sites (N-methyl/N-ethyl adjacent to an activating group) is 1. The van der Waals surface area contributed by atoms with Crippen molar-refractivity contribution in [3.8, 4) is 11.5 Å². The minimum absolute atomic E-state index is 0. The Balaban J connectivity index is 0.00000135. The van der Waals surface area contributed by atoms with Crippen LogP contribution < -0.4 is 9.47 Å². The number of piperidine rings is 1. The molecule has 0 radical (unpaired) electrons. The highest BCUT2D eigenvalue weighted by molar-refractivity contribution is 5.85. The number of hydrogen-bond acceptors (Lipinski definition) is 4. The van der Waals surface area contributed by atoms with Gasteiger partial charge in [0, 0.05) is 22.9 Å². The Morgan fingerprint density at radius 2 is 2.17 bits per heavy atom. The largest absolute Gasteiger partial charge is 0.493 e. The van der Waals surface area contributed by atoms with Gasteiger partial charge in [-0.15, -0.1) is 12.4 Å². The van der Waals surface area contributed by atoms with Gasteiger partial charge in [0.05, 0.1) is 13.2 Å². The zero-order chi connectivity index (χ0) is 15.1. The van der Waals surface area contributed by atoms with Gasteiger partial charge in [-0.1, -0.05) is 12.1 Å². The number of halogens is 1. The van der Waals surface area contributed by atoms with Gasteiger partial charge >= 0.3 is 0 Å². The molecule has 0 unspecified atom stereocenters. The Morgan fingerprint density at radius 1 is 1.35 bits per heavy atom. The number of aliphatic hydroxyl groups is 1. The summed E-state index contributed by atoms with van der Waals surface area (Å²) in [4.78, 5) is 2.42. The molecule has 0 saturated carbocycles. The molecule has 1 saturated heterocycles. The van der Waals surface area contributed by atoms with Crippen LogP contribution in [0.15, 0.2) is 24.3 Å². The first-order valence-corrected chi connectivity index (χ1v) is 8.10. The number of aliphatic hydroxyl groups excluding tert-OH is 1. The summed E-state index contributed by atoms with van der Waals surface area (Å²) in [6, 6.07) is 4.60. The average molecular weight is 336 g/mol. The first kappa shape index (κ1) is 15.3. The van der Waals surface area contributed by atoms with Gasteiger partial charge < -0.3 is 19.5 Å². The second kappa shape index (κ2) is 4.88. The zero-order valence-corrected chi connectivity index (χ0v) is 14.2. The van der Waals surface area contributed by atoms with Gasteiger partial charge in [0.2, 0.25) is 0 Å². The number of ether oxygens (including phenoxy) is 2. The van der Waals surface area contributed by atoms with Crippen LogP contribution in [0.3, 0.4) is 0 Å². The summed E-state index contributed by atoms with van der Waals surface area (Å²) in [5.41, 5.74) is 2.60. The molecule has 4 aliphatic rings. The van der Waals surface area contributed by atoms with E-state index in [2.05, 4.69) is 24.1 Å². The van der Waals surface area contributed by atoms with Crippen LogP contribution in [0.1, 0.15) is 17.5 Å². The molecule has 2 bridgehead atoms. The molecule has 1 spiro atoms. The topological polar surface area (TPSA) is 41.9 Å². The fourth-order valence-electron chi connectivity index (χ4n) is 5.46. The van der Waals surface area contributed by atoms with Gasteiger partial charge in [0.15, 0.2) is 11.5 Å². The van der Waals surface area contributed by atoms with Crippen molar-refractivity contribution in [2.75, 3.05) is 20.7 Å². The highest BCUT2D eigenvalue weighted by Crippen LogP contribution is 2.62. The van der Waals surface area contributed by atoms with Gasteiger partial charge in [-0.25, -0.2) is 0 Å². The summed E-state index contributed by atoms with van der Waals surface area (Å²) in [5.74, 6) is 1.94. The van der Waals surface area contributed by atoms with E-state index in [9.17, 15) is 5.11 Å². The van der Waals surface area contributed by atoms with Crippen molar-refractivity contribution in [2.45, 2.75) is 36.5 Å². The summed E-state index contributed by atoms with van der Waals surface area (Å²) >= 11 is 0. The fraction of sp³-hybridized carbons (Fsp3) is 0.556. The van der Waals surface area contributed by atoms with Crippen LogP contribution in [0.2, 0.25) is 0 Å². The number of nitrogens with zero attached hydrogens (tertiary/aromatic N) is 1. The monoisotopic (exact) mass is 335 g/mol. The predicted molar refractivity (Wildman–Crippen MR) is 89.7 cm³/mol. The van der Waals surface area contributed by atoms with Crippen LogP contribution in [0.25, 0.3) is 0 Å². The van der Waals surface area contributed by atoms with E-state index >= 15 is 0 Å². The summed E-state index contributed by atoms with van der Waals surface area (Å²) in [7, 11) is 3.88. The Hall–Kier alpha value is -1.23. The van der Waals surface area contributed by atoms with Crippen molar-refractivity contribution in [1.82, 2.24) is 4.90 Å². The number of likely N-dealkylation sites (tertiary alicyclic amines) is 1. The van der Waals surface area contributed by atoms with E-state index in [-0.39, 0.29) is 29.8 Å². The summed E-state index contributed by atoms with van der Waals surface area (Å²) < 4.78 is 11.9. The maximum absolute atomic E-state index is 10.7. The smallest absolute Gasteiger partial charge is 0.166 e. The molecular formula is C18H22ClNO3. The zero-order valence-electron chi connectivity index (χ0n) is 13.4. The molecule has 23 heavy (non-hydrogen) atoms. The lowest BCUT2D eigenvalue weighted by Crippen LogP contribution is -2.65. The molecule has 5 rings (SSSR count). The predicted octanol–water partition coefficient (Wildman–Crippen LogP) is 1.92. The van der Waals surface area contributed by atoms with Crippen molar-refractivity contribution in [3.63, 3.8) is 0 Å². The lowest BCUT2D eigenvalue weighted by Gasteiger charge is -2.57. The normalized spacial score (nSPS) is 39.3. The maximum atomic E-state index is 10.7. The second-order valence-corrected chi connectivity index (χ2v) is 7.11. The molecular weight excluding hydrogens is 314 g/mol. The molecule has 5 atom stereocenters. The maximum Gasteiger partial charge on any atom is 0.166 e. The van der Waals surface area contributed by atoms with E-state index < -0.39 is 6.10 Å². The minimum atomic E-state index is -0.391. The van der Waals surface area contributed by atoms with E-state index in [0.717, 1.165) is 30.9 Å². The second-order valence-electron chi connectivity index (χ2n) is 7.11. The SMILES string of the molecule is COc1ccc2c3c1O[C@H]1C=C[C@H](O)[C@H]4[C@@H](C2)N(C)CC[C@@]341.Cl. The Kier molecular flexibility index (Phi) is 3.25. The molecule has 1 N–H and O–H groups in total. The third kappa shape index (κ3) is 1.64. The first-order valence-electron chi connectivity index (χ1n) is 8.10. The van der Waals surface area contributed by atoms with Crippen molar-refractivity contribution < 1.29 is 14.6 Å². The van der Waals surface area contributed by atoms with Crippen LogP contribution in [0.4, 0.5) is 0 Å². The Labute approximate surface area is 142 Å². The highest BCUT2D eigenvalue weighted by atomic mass is 35.5. The van der Waals surface area contributed by atoms with Crippen LogP contribution in [-0.4, -0.2) is 49.0 Å². The van der Waals surface area contributed by atoms with Crippen LogP contribution in [0.5, 0.6) is 11.5 Å². The van der Waals surface area contributed by atoms with Crippen LogP contribution in [0, 0.1) is 5.92 Å². The van der Waals surface area contributed by atoms with Crippen LogP contribution >= 0.6 is 12.4 Å².